The Morgan fingerprint density at radius 2 is 1.78 bits per heavy atom. The number of ether oxygens (including phenoxy) is 1. The van der Waals surface area contributed by atoms with E-state index in [4.69, 9.17) is 15.5 Å². The predicted octanol–water partition coefficient (Wildman–Crippen LogP) is 3.52. The van der Waals surface area contributed by atoms with E-state index in [0.717, 1.165) is 48.4 Å². The smallest absolute Gasteiger partial charge is 0.198 e. The summed E-state index contributed by atoms with van der Waals surface area (Å²) in [7, 11) is -3.19. The van der Waals surface area contributed by atoms with Crippen LogP contribution >= 0.6 is 0 Å². The van der Waals surface area contributed by atoms with Gasteiger partial charge in [-0.3, -0.25) is 4.99 Å². The van der Waals surface area contributed by atoms with Gasteiger partial charge in [-0.05, 0) is 73.7 Å². The van der Waals surface area contributed by atoms with Gasteiger partial charge in [0.25, 0.3) is 0 Å². The Morgan fingerprint density at radius 3 is 2.38 bits per heavy atom. The SMILES string of the molecule is CC1CCN(C(=NCCCN)Nc2ccc(OCc3ccc(S(C)(=O)=O)cc3)cc2)CC1. The number of nitrogens with zero attached hydrogens (tertiary/aromatic N) is 2. The lowest BCUT2D eigenvalue weighted by molar-refractivity contribution is 0.279. The maximum absolute atomic E-state index is 11.6. The first kappa shape index (κ1) is 24.1. The highest BCUT2D eigenvalue weighted by molar-refractivity contribution is 7.90. The van der Waals surface area contributed by atoms with Crippen molar-refractivity contribution in [3.63, 3.8) is 0 Å². The van der Waals surface area contributed by atoms with Crippen LogP contribution in [0.3, 0.4) is 0 Å². The molecular weight excluding hydrogens is 424 g/mol. The third kappa shape index (κ3) is 7.24. The van der Waals surface area contributed by atoms with Crippen molar-refractivity contribution in [3.8, 4) is 5.75 Å². The Morgan fingerprint density at radius 1 is 1.12 bits per heavy atom. The molecule has 1 fully saturated rings. The monoisotopic (exact) mass is 458 g/mol. The van der Waals surface area contributed by atoms with E-state index in [1.807, 2.05) is 24.3 Å². The molecule has 174 valence electrons. The zero-order valence-corrected chi connectivity index (χ0v) is 19.8. The van der Waals surface area contributed by atoms with Gasteiger partial charge >= 0.3 is 0 Å². The summed E-state index contributed by atoms with van der Waals surface area (Å²) in [5.74, 6) is 2.41. The molecule has 2 aromatic carbocycles. The third-order valence-electron chi connectivity index (χ3n) is 5.57. The van der Waals surface area contributed by atoms with Gasteiger partial charge in [0.1, 0.15) is 12.4 Å². The van der Waals surface area contributed by atoms with E-state index in [1.54, 1.807) is 24.3 Å². The van der Waals surface area contributed by atoms with E-state index in [0.29, 0.717) is 24.6 Å². The second kappa shape index (κ2) is 11.3. The molecule has 0 radical (unpaired) electrons. The fourth-order valence-electron chi connectivity index (χ4n) is 3.48. The number of aliphatic imine (C=N–C) groups is 1. The number of likely N-dealkylation sites (tertiary alicyclic amines) is 1. The van der Waals surface area contributed by atoms with E-state index < -0.39 is 9.84 Å². The summed E-state index contributed by atoms with van der Waals surface area (Å²) in [5.41, 5.74) is 7.50. The van der Waals surface area contributed by atoms with Crippen LogP contribution in [0, 0.1) is 5.92 Å². The van der Waals surface area contributed by atoms with Crippen LogP contribution in [0.2, 0.25) is 0 Å². The van der Waals surface area contributed by atoms with Crippen molar-refractivity contribution >= 4 is 21.5 Å². The molecule has 8 heteroatoms. The molecule has 0 saturated carbocycles. The van der Waals surface area contributed by atoms with Gasteiger partial charge in [0.2, 0.25) is 0 Å². The molecule has 32 heavy (non-hydrogen) atoms. The average molecular weight is 459 g/mol. The number of hydrogen-bond acceptors (Lipinski definition) is 5. The second-order valence-electron chi connectivity index (χ2n) is 8.37. The fourth-order valence-corrected chi connectivity index (χ4v) is 4.11. The van der Waals surface area contributed by atoms with Crippen LogP contribution in [-0.4, -0.2) is 51.7 Å². The summed E-state index contributed by atoms with van der Waals surface area (Å²) in [5, 5.41) is 3.47. The van der Waals surface area contributed by atoms with Crippen LogP contribution < -0.4 is 15.8 Å². The summed E-state index contributed by atoms with van der Waals surface area (Å²) in [6, 6.07) is 14.6. The first-order chi connectivity index (χ1) is 15.3. The van der Waals surface area contributed by atoms with Gasteiger partial charge < -0.3 is 20.7 Å². The Bertz CT molecular complexity index is 981. The minimum atomic E-state index is -3.19. The van der Waals surface area contributed by atoms with Crippen LogP contribution in [0.1, 0.15) is 31.7 Å². The molecule has 3 rings (SSSR count). The van der Waals surface area contributed by atoms with Gasteiger partial charge in [-0.25, -0.2) is 8.42 Å². The molecule has 0 spiro atoms. The second-order valence-corrected chi connectivity index (χ2v) is 10.4. The first-order valence-electron chi connectivity index (χ1n) is 11.1. The van der Waals surface area contributed by atoms with E-state index in [1.165, 1.54) is 19.1 Å². The number of nitrogens with two attached hydrogens (primary N) is 1. The molecule has 0 unspecified atom stereocenters. The van der Waals surface area contributed by atoms with Gasteiger partial charge in [-0.15, -0.1) is 0 Å². The Hall–Kier alpha value is -2.58. The number of anilines is 1. The first-order valence-corrected chi connectivity index (χ1v) is 13.0. The fraction of sp³-hybridized carbons (Fsp3) is 0.458. The lowest BCUT2D eigenvalue weighted by atomic mass is 9.99. The van der Waals surface area contributed by atoms with Crippen LogP contribution in [-0.2, 0) is 16.4 Å². The van der Waals surface area contributed by atoms with E-state index >= 15 is 0 Å². The summed E-state index contributed by atoms with van der Waals surface area (Å²) in [6.07, 6.45) is 4.42. The minimum absolute atomic E-state index is 0.309. The minimum Gasteiger partial charge on any atom is -0.489 e. The van der Waals surface area contributed by atoms with Gasteiger partial charge in [-0.2, -0.15) is 0 Å². The predicted molar refractivity (Wildman–Crippen MR) is 130 cm³/mol. The molecule has 0 aliphatic carbocycles. The maximum atomic E-state index is 11.6. The molecule has 1 aliphatic heterocycles. The molecule has 2 aromatic rings. The molecule has 0 bridgehead atoms. The highest BCUT2D eigenvalue weighted by Crippen LogP contribution is 2.20. The highest BCUT2D eigenvalue weighted by atomic mass is 32.2. The van der Waals surface area contributed by atoms with E-state index in [2.05, 4.69) is 17.1 Å². The molecule has 0 aromatic heterocycles. The normalized spacial score (nSPS) is 15.6. The maximum Gasteiger partial charge on any atom is 0.198 e. The van der Waals surface area contributed by atoms with Gasteiger partial charge in [0.05, 0.1) is 4.90 Å². The Balaban J connectivity index is 1.58. The topological polar surface area (TPSA) is 97.0 Å². The number of rotatable bonds is 8. The Labute approximate surface area is 191 Å². The summed E-state index contributed by atoms with van der Waals surface area (Å²) >= 11 is 0. The largest absolute Gasteiger partial charge is 0.489 e. The molecule has 0 atom stereocenters. The summed E-state index contributed by atoms with van der Waals surface area (Å²) in [6.45, 7) is 6.04. The molecule has 1 saturated heterocycles. The third-order valence-corrected chi connectivity index (χ3v) is 6.70. The van der Waals surface area contributed by atoms with Gasteiger partial charge in [0.15, 0.2) is 15.8 Å². The number of sulfone groups is 1. The van der Waals surface area contributed by atoms with Crippen molar-refractivity contribution in [3.05, 3.63) is 54.1 Å². The highest BCUT2D eigenvalue weighted by Gasteiger charge is 2.19. The van der Waals surface area contributed by atoms with E-state index in [9.17, 15) is 8.42 Å². The average Bonchev–Trinajstić information content (AvgIpc) is 2.78. The van der Waals surface area contributed by atoms with Crippen molar-refractivity contribution in [1.29, 1.82) is 0 Å². The van der Waals surface area contributed by atoms with Crippen molar-refractivity contribution in [2.45, 2.75) is 37.7 Å². The van der Waals surface area contributed by atoms with Crippen molar-refractivity contribution in [2.24, 2.45) is 16.6 Å². The molecular formula is C24H34N4O3S. The van der Waals surface area contributed by atoms with Crippen LogP contribution in [0.4, 0.5) is 5.69 Å². The number of guanidine groups is 1. The summed E-state index contributed by atoms with van der Waals surface area (Å²) < 4.78 is 29.0. The van der Waals surface area contributed by atoms with Gasteiger partial charge in [-0.1, -0.05) is 19.1 Å². The van der Waals surface area contributed by atoms with E-state index in [-0.39, 0.29) is 0 Å². The number of benzene rings is 2. The lowest BCUT2D eigenvalue weighted by Gasteiger charge is -2.33. The van der Waals surface area contributed by atoms with Gasteiger partial charge in [0, 0.05) is 31.6 Å². The quantitative estimate of drug-likeness (QED) is 0.357. The Kier molecular flexibility index (Phi) is 8.53. The number of nitrogens with one attached hydrogen (secondary N) is 1. The molecule has 3 N–H and O–H groups in total. The molecule has 7 nitrogen and oxygen atoms in total. The van der Waals surface area contributed by atoms with Crippen molar-refractivity contribution in [2.75, 3.05) is 37.8 Å². The molecule has 1 aliphatic rings. The number of piperidine rings is 1. The zero-order chi connectivity index (χ0) is 23.0. The van der Waals surface area contributed by atoms with Crippen LogP contribution in [0.25, 0.3) is 0 Å². The zero-order valence-electron chi connectivity index (χ0n) is 19.0. The number of hydrogen-bond donors (Lipinski definition) is 2. The van der Waals surface area contributed by atoms with Crippen LogP contribution in [0.5, 0.6) is 5.75 Å². The van der Waals surface area contributed by atoms with Crippen LogP contribution in [0.15, 0.2) is 58.4 Å². The summed E-state index contributed by atoms with van der Waals surface area (Å²) in [4.78, 5) is 7.39. The van der Waals surface area contributed by atoms with Crippen molar-refractivity contribution in [1.82, 2.24) is 4.90 Å². The lowest BCUT2D eigenvalue weighted by Crippen LogP contribution is -2.42. The van der Waals surface area contributed by atoms with Crippen molar-refractivity contribution < 1.29 is 13.2 Å². The standard InChI is InChI=1S/C24H34N4O3S/c1-19-12-16-28(17-13-19)24(26-15-3-14-25)27-21-6-8-22(9-7-21)31-18-20-4-10-23(11-5-20)32(2,29)30/h4-11,19H,3,12-18,25H2,1-2H3,(H,26,27). The molecule has 1 heterocycles. The molecule has 0 amide bonds.